The Balaban J connectivity index is 1.20. The highest BCUT2D eigenvalue weighted by Crippen LogP contribution is 2.44. The highest BCUT2D eigenvalue weighted by Gasteiger charge is 2.23. The fourth-order valence-electron chi connectivity index (χ4n) is 7.18. The van der Waals surface area contributed by atoms with Crippen LogP contribution in [0.25, 0.3) is 110 Å². The van der Waals surface area contributed by atoms with Crippen molar-refractivity contribution in [3.05, 3.63) is 146 Å². The molecule has 51 heavy (non-hydrogen) atoms. The van der Waals surface area contributed by atoms with Crippen LogP contribution >= 0.6 is 11.3 Å². The van der Waals surface area contributed by atoms with E-state index < -0.39 is 0 Å². The van der Waals surface area contributed by atoms with Gasteiger partial charge in [0.25, 0.3) is 0 Å². The number of nitrogens with zero attached hydrogens (tertiary/aromatic N) is 4. The smallest absolute Gasteiger partial charge is 0.167 e. The highest BCUT2D eigenvalue weighted by atomic mass is 32.1. The van der Waals surface area contributed by atoms with Gasteiger partial charge in [-0.1, -0.05) is 115 Å². The van der Waals surface area contributed by atoms with Crippen molar-refractivity contribution >= 4 is 76.2 Å². The van der Waals surface area contributed by atoms with Gasteiger partial charge >= 0.3 is 0 Å². The van der Waals surface area contributed by atoms with Crippen molar-refractivity contribution < 1.29 is 8.83 Å². The van der Waals surface area contributed by atoms with Crippen LogP contribution in [0.4, 0.5) is 0 Å². The number of aromatic nitrogens is 4. The average molecular weight is 673 g/mol. The molecule has 0 saturated carbocycles. The van der Waals surface area contributed by atoms with Crippen LogP contribution in [0.2, 0.25) is 0 Å². The molecule has 11 rings (SSSR count). The van der Waals surface area contributed by atoms with Crippen LogP contribution < -0.4 is 0 Å². The number of benzene rings is 7. The molecular formula is C44H24N4O2S. The molecule has 6 nitrogen and oxygen atoms in total. The van der Waals surface area contributed by atoms with Gasteiger partial charge in [0, 0.05) is 32.8 Å². The minimum Gasteiger partial charge on any atom is -0.456 e. The molecule has 0 N–H and O–H groups in total. The molecule has 0 aliphatic carbocycles. The second-order valence-corrected chi connectivity index (χ2v) is 13.6. The van der Waals surface area contributed by atoms with E-state index in [1.54, 1.807) is 11.3 Å². The lowest BCUT2D eigenvalue weighted by atomic mass is 10.0. The summed E-state index contributed by atoms with van der Waals surface area (Å²) in [5.74, 6) is 1.66. The van der Waals surface area contributed by atoms with E-state index in [-0.39, 0.29) is 0 Å². The van der Waals surface area contributed by atoms with Crippen LogP contribution in [-0.2, 0) is 0 Å². The number of rotatable bonds is 4. The summed E-state index contributed by atoms with van der Waals surface area (Å²) in [5.41, 5.74) is 7.61. The van der Waals surface area contributed by atoms with Gasteiger partial charge < -0.3 is 8.83 Å². The Labute approximate surface area is 294 Å². The normalized spacial score (nSPS) is 11.9. The van der Waals surface area contributed by atoms with Crippen molar-refractivity contribution in [2.24, 2.45) is 0 Å². The Hall–Kier alpha value is -6.70. The van der Waals surface area contributed by atoms with E-state index >= 15 is 0 Å². The SMILES string of the molecule is c1ccc(-c2nc(-c3cc4sc(-c5ccc6ccccc6c5)nc4c4c3oc3ccccc34)nc(-c3cccc4oc5ccccc5c34)n2)cc1. The van der Waals surface area contributed by atoms with Gasteiger partial charge in [0.1, 0.15) is 27.3 Å². The minimum atomic E-state index is 0.523. The maximum atomic E-state index is 6.67. The summed E-state index contributed by atoms with van der Waals surface area (Å²) in [6, 6.07) is 49.3. The van der Waals surface area contributed by atoms with E-state index in [1.807, 2.05) is 78.9 Å². The quantitative estimate of drug-likeness (QED) is 0.185. The molecular weight excluding hydrogens is 649 g/mol. The summed E-state index contributed by atoms with van der Waals surface area (Å²) in [6.45, 7) is 0. The summed E-state index contributed by atoms with van der Waals surface area (Å²) in [5, 5.41) is 7.26. The Morgan fingerprint density at radius 3 is 1.94 bits per heavy atom. The second kappa shape index (κ2) is 10.9. The van der Waals surface area contributed by atoms with E-state index in [9.17, 15) is 0 Å². The molecule has 0 bridgehead atoms. The molecule has 0 fully saturated rings. The first-order chi connectivity index (χ1) is 25.2. The molecule has 0 atom stereocenters. The van der Waals surface area contributed by atoms with Gasteiger partial charge in [0.2, 0.25) is 0 Å². The van der Waals surface area contributed by atoms with Crippen LogP contribution in [0.1, 0.15) is 0 Å². The standard InChI is InChI=1S/C44H24N4O2S/c1-2-12-26(13-3-1)41-46-42(31-17-10-20-35-37(31)29-15-6-8-18-33(29)49-35)48-43(47-41)32-24-36-39(38-30-16-7-9-19-34(30)50-40(32)38)45-44(51-36)28-22-21-25-11-4-5-14-27(25)23-28/h1-24H. The van der Waals surface area contributed by atoms with Gasteiger partial charge in [0.15, 0.2) is 17.5 Å². The van der Waals surface area contributed by atoms with Crippen molar-refractivity contribution in [3.63, 3.8) is 0 Å². The van der Waals surface area contributed by atoms with Crippen LogP contribution in [0.15, 0.2) is 154 Å². The van der Waals surface area contributed by atoms with Crippen molar-refractivity contribution in [2.45, 2.75) is 0 Å². The monoisotopic (exact) mass is 672 g/mol. The zero-order chi connectivity index (χ0) is 33.5. The van der Waals surface area contributed by atoms with Crippen molar-refractivity contribution in [3.8, 4) is 44.7 Å². The van der Waals surface area contributed by atoms with Crippen molar-refractivity contribution in [2.75, 3.05) is 0 Å². The summed E-state index contributed by atoms with van der Waals surface area (Å²) >= 11 is 1.66. The highest BCUT2D eigenvalue weighted by molar-refractivity contribution is 7.21. The van der Waals surface area contributed by atoms with E-state index in [0.29, 0.717) is 23.1 Å². The van der Waals surface area contributed by atoms with E-state index in [4.69, 9.17) is 28.8 Å². The van der Waals surface area contributed by atoms with Crippen LogP contribution in [-0.4, -0.2) is 19.9 Å². The van der Waals surface area contributed by atoms with E-state index in [2.05, 4.69) is 66.7 Å². The van der Waals surface area contributed by atoms with Crippen molar-refractivity contribution in [1.29, 1.82) is 0 Å². The minimum absolute atomic E-state index is 0.523. The Morgan fingerprint density at radius 2 is 1.10 bits per heavy atom. The number of fused-ring (bicyclic) bond motifs is 9. The van der Waals surface area contributed by atoms with Crippen molar-refractivity contribution in [1.82, 2.24) is 19.9 Å². The largest absolute Gasteiger partial charge is 0.456 e. The molecule has 238 valence electrons. The third-order valence-electron chi connectivity index (χ3n) is 9.55. The maximum absolute atomic E-state index is 6.67. The molecule has 0 radical (unpaired) electrons. The number of para-hydroxylation sites is 2. The van der Waals surface area contributed by atoms with Gasteiger partial charge in [0.05, 0.1) is 21.2 Å². The lowest BCUT2D eigenvalue weighted by Crippen LogP contribution is -2.00. The zero-order valence-electron chi connectivity index (χ0n) is 26.9. The first kappa shape index (κ1) is 28.2. The number of hydrogen-bond acceptors (Lipinski definition) is 7. The Morgan fingerprint density at radius 1 is 0.431 bits per heavy atom. The Kier molecular flexibility index (Phi) is 6.02. The van der Waals surface area contributed by atoms with Gasteiger partial charge in [-0.2, -0.15) is 0 Å². The van der Waals surface area contributed by atoms with Crippen LogP contribution in [0, 0.1) is 0 Å². The third kappa shape index (κ3) is 4.42. The Bertz CT molecular complexity index is 3160. The second-order valence-electron chi connectivity index (χ2n) is 12.6. The molecule has 0 aliphatic rings. The number of furan rings is 2. The first-order valence-corrected chi connectivity index (χ1v) is 17.5. The van der Waals surface area contributed by atoms with Crippen LogP contribution in [0.5, 0.6) is 0 Å². The predicted octanol–water partition coefficient (Wildman–Crippen LogP) is 12.1. The molecule has 0 aliphatic heterocycles. The summed E-state index contributed by atoms with van der Waals surface area (Å²) in [4.78, 5) is 20.7. The number of thiazole rings is 1. The topological polar surface area (TPSA) is 77.8 Å². The molecule has 7 heteroatoms. The maximum Gasteiger partial charge on any atom is 0.167 e. The average Bonchev–Trinajstić information content (AvgIpc) is 3.91. The molecule has 0 unspecified atom stereocenters. The molecule has 0 amide bonds. The van der Waals surface area contributed by atoms with Gasteiger partial charge in [-0.25, -0.2) is 19.9 Å². The van der Waals surface area contributed by atoms with Gasteiger partial charge in [-0.05, 0) is 41.1 Å². The molecule has 0 spiro atoms. The first-order valence-electron chi connectivity index (χ1n) is 16.7. The van der Waals surface area contributed by atoms with Gasteiger partial charge in [-0.3, -0.25) is 0 Å². The van der Waals surface area contributed by atoms with Crippen LogP contribution in [0.3, 0.4) is 0 Å². The number of hydrogen-bond donors (Lipinski definition) is 0. The summed E-state index contributed by atoms with van der Waals surface area (Å²) in [6.07, 6.45) is 0. The fraction of sp³-hybridized carbons (Fsp3) is 0. The zero-order valence-corrected chi connectivity index (χ0v) is 27.7. The molecule has 4 heterocycles. The third-order valence-corrected chi connectivity index (χ3v) is 10.6. The summed E-state index contributed by atoms with van der Waals surface area (Å²) in [7, 11) is 0. The van der Waals surface area contributed by atoms with E-state index in [1.165, 1.54) is 10.8 Å². The lowest BCUT2D eigenvalue weighted by molar-refractivity contribution is 0.668. The predicted molar refractivity (Wildman–Crippen MR) is 207 cm³/mol. The summed E-state index contributed by atoms with van der Waals surface area (Å²) < 4.78 is 14.0. The lowest BCUT2D eigenvalue weighted by Gasteiger charge is -2.10. The van der Waals surface area contributed by atoms with Gasteiger partial charge in [-0.15, -0.1) is 11.3 Å². The fourth-order valence-corrected chi connectivity index (χ4v) is 8.19. The molecule has 4 aromatic heterocycles. The molecule has 0 saturated heterocycles. The van der Waals surface area contributed by atoms with E-state index in [0.717, 1.165) is 75.8 Å². The molecule has 11 aromatic rings. The molecule has 7 aromatic carbocycles.